The van der Waals surface area contributed by atoms with Gasteiger partial charge >= 0.3 is 12.4 Å². The van der Waals surface area contributed by atoms with E-state index in [0.29, 0.717) is 23.1 Å². The first-order chi connectivity index (χ1) is 17.6. The van der Waals surface area contributed by atoms with Crippen LogP contribution in [0.2, 0.25) is 0 Å². The van der Waals surface area contributed by atoms with Crippen molar-refractivity contribution >= 4 is 40.5 Å². The van der Waals surface area contributed by atoms with Gasteiger partial charge in [-0.15, -0.1) is 13.2 Å². The van der Waals surface area contributed by atoms with E-state index in [-0.39, 0.29) is 5.75 Å². The number of hydrogen-bond donors (Lipinski definition) is 3. The van der Waals surface area contributed by atoms with Crippen LogP contribution in [0.5, 0.6) is 5.75 Å². The highest BCUT2D eigenvalue weighted by atomic mass is 19.4. The third-order valence-corrected chi connectivity index (χ3v) is 5.15. The number of nitrogens with zero attached hydrogens (tertiary/aromatic N) is 3. The summed E-state index contributed by atoms with van der Waals surface area (Å²) in [5, 5.41) is 8.41. The number of halogens is 3. The Kier molecular flexibility index (Phi) is 7.42. The Morgan fingerprint density at radius 1 is 0.838 bits per heavy atom. The second-order valence-electron chi connectivity index (χ2n) is 7.99. The molecule has 0 unspecified atom stereocenters. The maximum absolute atomic E-state index is 12.3. The molecule has 0 aliphatic rings. The Morgan fingerprint density at radius 3 is 2.00 bits per heavy atom. The number of amides is 2. The van der Waals surface area contributed by atoms with Gasteiger partial charge in [-0.05, 0) is 73.7 Å². The van der Waals surface area contributed by atoms with Crippen LogP contribution in [0.3, 0.4) is 0 Å². The molecule has 2 amide bonds. The van der Waals surface area contributed by atoms with Gasteiger partial charge in [0.15, 0.2) is 0 Å². The lowest BCUT2D eigenvalue weighted by Crippen LogP contribution is -2.20. The molecular formula is C26H23F3N6O2. The van der Waals surface area contributed by atoms with E-state index in [2.05, 4.69) is 30.7 Å². The van der Waals surface area contributed by atoms with Gasteiger partial charge in [0.05, 0.1) is 0 Å². The van der Waals surface area contributed by atoms with Crippen molar-refractivity contribution in [1.82, 2.24) is 9.97 Å². The summed E-state index contributed by atoms with van der Waals surface area (Å²) in [4.78, 5) is 23.0. The number of ether oxygens (including phenoxy) is 1. The number of alkyl halides is 3. The molecule has 11 heteroatoms. The number of rotatable bonds is 7. The van der Waals surface area contributed by atoms with Crippen LogP contribution in [-0.2, 0) is 0 Å². The number of carbonyl (C=O) groups is 1. The summed E-state index contributed by atoms with van der Waals surface area (Å²) < 4.78 is 40.6. The van der Waals surface area contributed by atoms with E-state index in [0.717, 1.165) is 29.1 Å². The van der Waals surface area contributed by atoms with Crippen molar-refractivity contribution in [3.8, 4) is 5.75 Å². The topological polar surface area (TPSA) is 91.4 Å². The molecule has 0 radical (unpaired) electrons. The largest absolute Gasteiger partial charge is 0.573 e. The molecule has 0 fully saturated rings. The molecule has 0 atom stereocenters. The highest BCUT2D eigenvalue weighted by Gasteiger charge is 2.30. The number of hydrogen-bond acceptors (Lipinski definition) is 6. The molecular weight excluding hydrogens is 485 g/mol. The second-order valence-corrected chi connectivity index (χ2v) is 7.99. The minimum Gasteiger partial charge on any atom is -0.406 e. The van der Waals surface area contributed by atoms with Gasteiger partial charge in [0.25, 0.3) is 0 Å². The van der Waals surface area contributed by atoms with Crippen LogP contribution in [0.25, 0.3) is 0 Å². The van der Waals surface area contributed by atoms with Crippen LogP contribution in [0, 0.1) is 6.92 Å². The average Bonchev–Trinajstić information content (AvgIpc) is 2.86. The lowest BCUT2D eigenvalue weighted by Gasteiger charge is -2.19. The monoisotopic (exact) mass is 508 g/mol. The summed E-state index contributed by atoms with van der Waals surface area (Å²) in [6.07, 6.45) is -3.11. The first kappa shape index (κ1) is 25.3. The number of nitrogens with one attached hydrogen (secondary N) is 3. The lowest BCUT2D eigenvalue weighted by atomic mass is 10.2. The molecule has 3 N–H and O–H groups in total. The van der Waals surface area contributed by atoms with Gasteiger partial charge in [-0.3, -0.25) is 0 Å². The van der Waals surface area contributed by atoms with E-state index >= 15 is 0 Å². The number of carbonyl (C=O) groups excluding carboxylic acids is 1. The van der Waals surface area contributed by atoms with E-state index in [1.807, 2.05) is 55.3 Å². The van der Waals surface area contributed by atoms with Gasteiger partial charge in [0.1, 0.15) is 11.6 Å². The van der Waals surface area contributed by atoms with Gasteiger partial charge in [0.2, 0.25) is 5.95 Å². The maximum atomic E-state index is 12.3. The average molecular weight is 509 g/mol. The predicted octanol–water partition coefficient (Wildman–Crippen LogP) is 6.84. The minimum absolute atomic E-state index is 0.308. The van der Waals surface area contributed by atoms with Crippen LogP contribution in [0.15, 0.2) is 85.1 Å². The van der Waals surface area contributed by atoms with Gasteiger partial charge in [-0.25, -0.2) is 9.78 Å². The normalized spacial score (nSPS) is 10.9. The lowest BCUT2D eigenvalue weighted by molar-refractivity contribution is -0.274. The minimum atomic E-state index is -4.78. The summed E-state index contributed by atoms with van der Waals surface area (Å²) in [5.74, 6) is 0.752. The summed E-state index contributed by atoms with van der Waals surface area (Å²) in [5.41, 5.74) is 3.69. The third-order valence-electron chi connectivity index (χ3n) is 5.15. The van der Waals surface area contributed by atoms with E-state index in [1.54, 1.807) is 24.4 Å². The molecule has 4 rings (SSSR count). The van der Waals surface area contributed by atoms with Gasteiger partial charge < -0.3 is 25.6 Å². The Labute approximate surface area is 211 Å². The maximum Gasteiger partial charge on any atom is 0.573 e. The molecule has 190 valence electrons. The van der Waals surface area contributed by atoms with Crippen LogP contribution < -0.4 is 25.6 Å². The summed E-state index contributed by atoms with van der Waals surface area (Å²) >= 11 is 0. The van der Waals surface area contributed by atoms with Crippen molar-refractivity contribution < 1.29 is 22.7 Å². The zero-order valence-corrected chi connectivity index (χ0v) is 19.9. The molecule has 1 aromatic heterocycles. The summed E-state index contributed by atoms with van der Waals surface area (Å²) in [6, 6.07) is 21.0. The Balaban J connectivity index is 1.34. The predicted molar refractivity (Wildman–Crippen MR) is 137 cm³/mol. The molecule has 1 heterocycles. The van der Waals surface area contributed by atoms with E-state index in [9.17, 15) is 18.0 Å². The SMILES string of the molecule is Cc1ccc(Nc2nccc(N(C)c3ccc(NC(=O)Nc4ccc(OC(F)(F)F)cc4)cc3)n2)cc1. The molecule has 0 saturated carbocycles. The van der Waals surface area contributed by atoms with Crippen LogP contribution in [0.1, 0.15) is 5.56 Å². The zero-order chi connectivity index (χ0) is 26.4. The summed E-state index contributed by atoms with van der Waals surface area (Å²) in [6.45, 7) is 2.02. The fourth-order valence-electron chi connectivity index (χ4n) is 3.30. The first-order valence-electron chi connectivity index (χ1n) is 11.1. The van der Waals surface area contributed by atoms with E-state index in [4.69, 9.17) is 0 Å². The molecule has 3 aromatic carbocycles. The number of urea groups is 1. The van der Waals surface area contributed by atoms with E-state index in [1.165, 1.54) is 12.1 Å². The van der Waals surface area contributed by atoms with Crippen molar-refractivity contribution in [2.24, 2.45) is 0 Å². The van der Waals surface area contributed by atoms with E-state index < -0.39 is 12.4 Å². The number of aryl methyl sites for hydroxylation is 1. The van der Waals surface area contributed by atoms with Crippen LogP contribution >= 0.6 is 0 Å². The quantitative estimate of drug-likeness (QED) is 0.253. The van der Waals surface area contributed by atoms with Crippen LogP contribution in [0.4, 0.5) is 52.5 Å². The zero-order valence-electron chi connectivity index (χ0n) is 19.9. The highest BCUT2D eigenvalue weighted by Crippen LogP contribution is 2.26. The summed E-state index contributed by atoms with van der Waals surface area (Å²) in [7, 11) is 1.86. The van der Waals surface area contributed by atoms with Gasteiger partial charge in [0, 0.05) is 36.0 Å². The van der Waals surface area contributed by atoms with Gasteiger partial charge in [-0.2, -0.15) is 4.98 Å². The molecule has 0 aliphatic carbocycles. The first-order valence-corrected chi connectivity index (χ1v) is 11.1. The molecule has 0 spiro atoms. The fourth-order valence-corrected chi connectivity index (χ4v) is 3.30. The van der Waals surface area contributed by atoms with Crippen molar-refractivity contribution in [2.45, 2.75) is 13.3 Å². The standard InChI is InChI=1S/C26H23F3N6O2/c1-17-3-5-18(6-4-17)31-24-30-16-15-23(34-24)35(2)21-11-7-19(8-12-21)32-25(36)33-20-9-13-22(14-10-20)37-26(27,28)29/h3-16H,1-2H3,(H,30,31,34)(H2,32,33,36). The number of anilines is 6. The van der Waals surface area contributed by atoms with Gasteiger partial charge in [-0.1, -0.05) is 17.7 Å². The number of benzene rings is 3. The third kappa shape index (κ3) is 7.34. The smallest absolute Gasteiger partial charge is 0.406 e. The molecule has 0 bridgehead atoms. The molecule has 8 nitrogen and oxygen atoms in total. The Bertz CT molecular complexity index is 1340. The molecule has 4 aromatic rings. The Morgan fingerprint density at radius 2 is 1.41 bits per heavy atom. The van der Waals surface area contributed by atoms with Crippen molar-refractivity contribution in [3.63, 3.8) is 0 Å². The number of aromatic nitrogens is 2. The van der Waals surface area contributed by atoms with Crippen molar-refractivity contribution in [1.29, 1.82) is 0 Å². The Hall–Kier alpha value is -4.80. The second kappa shape index (κ2) is 10.9. The highest BCUT2D eigenvalue weighted by molar-refractivity contribution is 5.99. The molecule has 0 saturated heterocycles. The van der Waals surface area contributed by atoms with Crippen molar-refractivity contribution in [3.05, 3.63) is 90.6 Å². The molecule has 0 aliphatic heterocycles. The molecule has 37 heavy (non-hydrogen) atoms. The van der Waals surface area contributed by atoms with Crippen LogP contribution in [-0.4, -0.2) is 29.4 Å². The fraction of sp³-hybridized carbons (Fsp3) is 0.115. The van der Waals surface area contributed by atoms with Crippen molar-refractivity contribution in [2.75, 3.05) is 27.9 Å².